The van der Waals surface area contributed by atoms with E-state index in [1.54, 1.807) is 35.8 Å². The van der Waals surface area contributed by atoms with Crippen molar-refractivity contribution in [1.29, 1.82) is 0 Å². The largest absolute Gasteiger partial charge is 0.465 e. The number of furan rings is 1. The molecule has 0 unspecified atom stereocenters. The fourth-order valence-electron chi connectivity index (χ4n) is 2.19. The number of ether oxygens (including phenoxy) is 1. The smallest absolute Gasteiger partial charge is 0.350 e. The Bertz CT molecular complexity index is 969. The number of nitrogens with zero attached hydrogens (tertiary/aromatic N) is 1. The summed E-state index contributed by atoms with van der Waals surface area (Å²) in [5, 5.41) is 4.30. The number of aromatic nitrogens is 1. The highest BCUT2D eigenvalue weighted by atomic mass is 32.1. The monoisotopic (exact) mass is 358 g/mol. The summed E-state index contributed by atoms with van der Waals surface area (Å²) in [7, 11) is 1.28. The summed E-state index contributed by atoms with van der Waals surface area (Å²) in [6.07, 6.45) is 1.64. The van der Waals surface area contributed by atoms with Crippen LogP contribution in [0.5, 0.6) is 0 Å². The molecule has 0 aromatic carbocycles. The third-order valence-corrected chi connectivity index (χ3v) is 4.29. The average Bonchev–Trinajstić information content (AvgIpc) is 3.26. The van der Waals surface area contributed by atoms with Crippen molar-refractivity contribution in [2.45, 2.75) is 6.54 Å². The zero-order valence-corrected chi connectivity index (χ0v) is 14.0. The SMILES string of the molecule is COC(=O)c1sccc1NC(=O)c1ccc(Cn2ccccc2=O)o1. The summed E-state index contributed by atoms with van der Waals surface area (Å²) in [5.41, 5.74) is 0.199. The maximum absolute atomic E-state index is 12.3. The number of pyridine rings is 1. The van der Waals surface area contributed by atoms with Crippen LogP contribution < -0.4 is 10.9 Å². The topological polar surface area (TPSA) is 90.5 Å². The molecule has 1 N–H and O–H groups in total. The minimum absolute atomic E-state index is 0.0843. The molecule has 0 bridgehead atoms. The van der Waals surface area contributed by atoms with E-state index in [4.69, 9.17) is 4.42 Å². The average molecular weight is 358 g/mol. The highest BCUT2D eigenvalue weighted by Crippen LogP contribution is 2.24. The number of anilines is 1. The molecule has 0 aliphatic heterocycles. The molecular formula is C17H14N2O5S. The Morgan fingerprint density at radius 3 is 2.84 bits per heavy atom. The van der Waals surface area contributed by atoms with E-state index in [0.29, 0.717) is 16.3 Å². The number of carbonyl (C=O) groups is 2. The van der Waals surface area contributed by atoms with Gasteiger partial charge < -0.3 is 19.0 Å². The van der Waals surface area contributed by atoms with Crippen LogP contribution in [-0.4, -0.2) is 23.6 Å². The Labute approximate surface area is 146 Å². The Hall–Kier alpha value is -3.13. The van der Waals surface area contributed by atoms with Gasteiger partial charge in [0.1, 0.15) is 10.6 Å². The van der Waals surface area contributed by atoms with E-state index in [-0.39, 0.29) is 17.9 Å². The van der Waals surface area contributed by atoms with Gasteiger partial charge in [-0.2, -0.15) is 0 Å². The summed E-state index contributed by atoms with van der Waals surface area (Å²) in [6, 6.07) is 9.60. The van der Waals surface area contributed by atoms with Gasteiger partial charge in [-0.05, 0) is 29.6 Å². The van der Waals surface area contributed by atoms with Gasteiger partial charge in [-0.1, -0.05) is 6.07 Å². The second kappa shape index (κ2) is 7.18. The molecule has 0 saturated carbocycles. The fraction of sp³-hybridized carbons (Fsp3) is 0.118. The Kier molecular flexibility index (Phi) is 4.80. The first-order valence-electron chi connectivity index (χ1n) is 7.30. The number of esters is 1. The molecule has 7 nitrogen and oxygen atoms in total. The van der Waals surface area contributed by atoms with Gasteiger partial charge in [0.15, 0.2) is 5.76 Å². The van der Waals surface area contributed by atoms with Gasteiger partial charge in [-0.25, -0.2) is 4.79 Å². The Balaban J connectivity index is 1.73. The third kappa shape index (κ3) is 3.69. The van der Waals surface area contributed by atoms with Gasteiger partial charge in [-0.3, -0.25) is 9.59 Å². The lowest BCUT2D eigenvalue weighted by Gasteiger charge is -2.04. The summed E-state index contributed by atoms with van der Waals surface area (Å²) < 4.78 is 11.6. The first kappa shape index (κ1) is 16.7. The molecule has 0 aliphatic carbocycles. The maximum Gasteiger partial charge on any atom is 0.350 e. The normalized spacial score (nSPS) is 10.4. The molecule has 128 valence electrons. The molecule has 8 heteroatoms. The first-order valence-corrected chi connectivity index (χ1v) is 8.18. The van der Waals surface area contributed by atoms with Crippen molar-refractivity contribution in [2.24, 2.45) is 0 Å². The molecule has 0 spiro atoms. The number of nitrogens with one attached hydrogen (secondary N) is 1. The quantitative estimate of drug-likeness (QED) is 0.708. The second-order valence-corrected chi connectivity index (χ2v) is 5.96. The lowest BCUT2D eigenvalue weighted by molar-refractivity contribution is 0.0607. The first-order chi connectivity index (χ1) is 12.1. The molecule has 0 atom stereocenters. The van der Waals surface area contributed by atoms with Crippen molar-refractivity contribution in [2.75, 3.05) is 12.4 Å². The van der Waals surface area contributed by atoms with Gasteiger partial charge in [0.05, 0.1) is 19.3 Å². The van der Waals surface area contributed by atoms with Crippen LogP contribution in [0.4, 0.5) is 5.69 Å². The number of rotatable bonds is 5. The van der Waals surface area contributed by atoms with Crippen LogP contribution in [0.3, 0.4) is 0 Å². The summed E-state index contributed by atoms with van der Waals surface area (Å²) >= 11 is 1.17. The highest BCUT2D eigenvalue weighted by molar-refractivity contribution is 7.12. The predicted molar refractivity (Wildman–Crippen MR) is 92.1 cm³/mol. The lowest BCUT2D eigenvalue weighted by Crippen LogP contribution is -2.18. The molecule has 0 radical (unpaired) electrons. The summed E-state index contributed by atoms with van der Waals surface area (Å²) in [4.78, 5) is 35.9. The van der Waals surface area contributed by atoms with E-state index < -0.39 is 11.9 Å². The molecule has 3 aromatic heterocycles. The zero-order valence-electron chi connectivity index (χ0n) is 13.2. The van der Waals surface area contributed by atoms with Gasteiger partial charge in [0, 0.05) is 12.3 Å². The number of amides is 1. The third-order valence-electron chi connectivity index (χ3n) is 3.39. The van der Waals surface area contributed by atoms with E-state index in [0.717, 1.165) is 0 Å². The molecule has 3 aromatic rings. The van der Waals surface area contributed by atoms with Gasteiger partial charge >= 0.3 is 5.97 Å². The minimum atomic E-state index is -0.520. The van der Waals surface area contributed by atoms with Crippen LogP contribution in [0.15, 0.2) is 57.2 Å². The number of thiophene rings is 1. The lowest BCUT2D eigenvalue weighted by atomic mass is 10.3. The molecular weight excluding hydrogens is 344 g/mol. The second-order valence-electron chi connectivity index (χ2n) is 5.04. The molecule has 25 heavy (non-hydrogen) atoms. The molecule has 0 fully saturated rings. The van der Waals surface area contributed by atoms with Crippen molar-refractivity contribution in [3.8, 4) is 0 Å². The van der Waals surface area contributed by atoms with Crippen LogP contribution in [0.2, 0.25) is 0 Å². The molecule has 0 aliphatic rings. The Morgan fingerprint density at radius 2 is 2.08 bits per heavy atom. The van der Waals surface area contributed by atoms with Crippen molar-refractivity contribution in [1.82, 2.24) is 4.57 Å². The van der Waals surface area contributed by atoms with E-state index in [1.165, 1.54) is 35.1 Å². The van der Waals surface area contributed by atoms with E-state index in [9.17, 15) is 14.4 Å². The van der Waals surface area contributed by atoms with Crippen molar-refractivity contribution >= 4 is 28.9 Å². The number of methoxy groups -OCH3 is 1. The number of hydrogen-bond donors (Lipinski definition) is 1. The van der Waals surface area contributed by atoms with Gasteiger partial charge in [0.25, 0.3) is 11.5 Å². The fourth-order valence-corrected chi connectivity index (χ4v) is 2.95. The molecule has 0 saturated heterocycles. The van der Waals surface area contributed by atoms with Crippen LogP contribution >= 0.6 is 11.3 Å². The highest BCUT2D eigenvalue weighted by Gasteiger charge is 2.18. The molecule has 1 amide bonds. The van der Waals surface area contributed by atoms with Crippen molar-refractivity contribution < 1.29 is 18.7 Å². The van der Waals surface area contributed by atoms with Gasteiger partial charge in [0.2, 0.25) is 0 Å². The van der Waals surface area contributed by atoms with Crippen LogP contribution in [0.25, 0.3) is 0 Å². The molecule has 3 rings (SSSR count). The standard InChI is InChI=1S/C17H14N2O5S/c1-23-17(22)15-12(7-9-25-15)18-16(21)13-6-5-11(24-13)10-19-8-3-2-4-14(19)20/h2-9H,10H2,1H3,(H,18,21). The van der Waals surface area contributed by atoms with Crippen LogP contribution in [-0.2, 0) is 11.3 Å². The van der Waals surface area contributed by atoms with E-state index in [1.807, 2.05) is 0 Å². The van der Waals surface area contributed by atoms with E-state index >= 15 is 0 Å². The predicted octanol–water partition coefficient (Wildman–Crippen LogP) is 2.59. The van der Waals surface area contributed by atoms with Crippen molar-refractivity contribution in [3.05, 3.63) is 74.7 Å². The van der Waals surface area contributed by atoms with Crippen LogP contribution in [0, 0.1) is 0 Å². The zero-order chi connectivity index (χ0) is 17.8. The van der Waals surface area contributed by atoms with Crippen molar-refractivity contribution in [3.63, 3.8) is 0 Å². The number of hydrogen-bond acceptors (Lipinski definition) is 6. The Morgan fingerprint density at radius 1 is 1.24 bits per heavy atom. The molecule has 3 heterocycles. The van der Waals surface area contributed by atoms with E-state index in [2.05, 4.69) is 10.1 Å². The van der Waals surface area contributed by atoms with Crippen LogP contribution in [0.1, 0.15) is 26.0 Å². The minimum Gasteiger partial charge on any atom is -0.465 e. The summed E-state index contributed by atoms with van der Waals surface area (Å²) in [6.45, 7) is 0.221. The van der Waals surface area contributed by atoms with Gasteiger partial charge in [-0.15, -0.1) is 11.3 Å². The summed E-state index contributed by atoms with van der Waals surface area (Å²) in [5.74, 6) is -0.456. The number of carbonyl (C=O) groups excluding carboxylic acids is 2. The maximum atomic E-state index is 12.3.